The molecule has 0 heterocycles. The van der Waals surface area contributed by atoms with Gasteiger partial charge in [-0.25, -0.2) is 0 Å². The summed E-state index contributed by atoms with van der Waals surface area (Å²) in [4.78, 5) is 12.1. The fourth-order valence-corrected chi connectivity index (χ4v) is 2.38. The van der Waals surface area contributed by atoms with Gasteiger partial charge in [0.25, 0.3) is 0 Å². The van der Waals surface area contributed by atoms with Crippen molar-refractivity contribution in [2.45, 2.75) is 39.2 Å². The number of hydrogen-bond acceptors (Lipinski definition) is 3. The Labute approximate surface area is 114 Å². The molecule has 0 amide bonds. The van der Waals surface area contributed by atoms with Gasteiger partial charge in [0.1, 0.15) is 5.75 Å². The first-order valence-corrected chi connectivity index (χ1v) is 6.79. The molecule has 1 aromatic carbocycles. The van der Waals surface area contributed by atoms with Crippen LogP contribution in [-0.4, -0.2) is 18.9 Å². The third-order valence-electron chi connectivity index (χ3n) is 3.28. The number of nitrogens with one attached hydrogen (secondary N) is 1. The van der Waals surface area contributed by atoms with Crippen molar-refractivity contribution in [1.82, 2.24) is 5.32 Å². The maximum Gasteiger partial charge on any atom is 0.178 e. The van der Waals surface area contributed by atoms with E-state index in [0.717, 1.165) is 35.4 Å². The molecule has 0 spiro atoms. The lowest BCUT2D eigenvalue weighted by Gasteiger charge is -2.23. The van der Waals surface area contributed by atoms with Gasteiger partial charge in [-0.2, -0.15) is 0 Å². The van der Waals surface area contributed by atoms with E-state index in [1.807, 2.05) is 24.3 Å². The molecular weight excluding hydrogens is 238 g/mol. The van der Waals surface area contributed by atoms with Crippen molar-refractivity contribution in [3.8, 4) is 5.75 Å². The van der Waals surface area contributed by atoms with Crippen LogP contribution in [-0.2, 0) is 4.79 Å². The smallest absolute Gasteiger partial charge is 0.178 e. The predicted molar refractivity (Wildman–Crippen MR) is 77.0 cm³/mol. The van der Waals surface area contributed by atoms with E-state index in [1.54, 1.807) is 7.11 Å². The minimum absolute atomic E-state index is 0.228. The van der Waals surface area contributed by atoms with Gasteiger partial charge in [-0.05, 0) is 50.0 Å². The Hall–Kier alpha value is -1.77. The third kappa shape index (κ3) is 3.16. The van der Waals surface area contributed by atoms with Gasteiger partial charge in [-0.15, -0.1) is 0 Å². The van der Waals surface area contributed by atoms with Crippen LogP contribution in [0.25, 0.3) is 5.57 Å². The van der Waals surface area contributed by atoms with E-state index in [-0.39, 0.29) is 11.8 Å². The Morgan fingerprint density at radius 2 is 1.84 bits per heavy atom. The summed E-state index contributed by atoms with van der Waals surface area (Å²) in [7, 11) is 1.66. The molecule has 102 valence electrons. The van der Waals surface area contributed by atoms with Crippen molar-refractivity contribution >= 4 is 11.4 Å². The highest BCUT2D eigenvalue weighted by atomic mass is 16.5. The van der Waals surface area contributed by atoms with Gasteiger partial charge < -0.3 is 10.1 Å². The standard InChI is InChI=1S/C16H21NO2/c1-11(2)17-16-14(5-4-6-15(16)18)12-7-9-13(19-3)10-8-12/h7-11,17H,4-6H2,1-3H3. The Balaban J connectivity index is 2.38. The van der Waals surface area contributed by atoms with Gasteiger partial charge in [-0.1, -0.05) is 12.1 Å². The van der Waals surface area contributed by atoms with Crippen LogP contribution in [0.5, 0.6) is 5.75 Å². The fraction of sp³-hybridized carbons (Fsp3) is 0.438. The molecular formula is C16H21NO2. The van der Waals surface area contributed by atoms with Crippen molar-refractivity contribution in [2.75, 3.05) is 7.11 Å². The number of hydrogen-bond donors (Lipinski definition) is 1. The number of methoxy groups -OCH3 is 1. The van der Waals surface area contributed by atoms with E-state index in [1.165, 1.54) is 0 Å². The highest BCUT2D eigenvalue weighted by Gasteiger charge is 2.21. The van der Waals surface area contributed by atoms with Crippen LogP contribution in [0, 0.1) is 0 Å². The molecule has 1 aliphatic carbocycles. The average Bonchev–Trinajstić information content (AvgIpc) is 2.41. The van der Waals surface area contributed by atoms with Crippen LogP contribution in [0.15, 0.2) is 30.0 Å². The monoisotopic (exact) mass is 259 g/mol. The molecule has 3 nitrogen and oxygen atoms in total. The second-order valence-corrected chi connectivity index (χ2v) is 5.16. The molecule has 1 N–H and O–H groups in total. The first kappa shape index (κ1) is 13.7. The molecule has 0 aromatic heterocycles. The molecule has 3 heteroatoms. The average molecular weight is 259 g/mol. The molecule has 2 rings (SSSR count). The molecule has 0 radical (unpaired) electrons. The lowest BCUT2D eigenvalue weighted by atomic mass is 9.90. The van der Waals surface area contributed by atoms with Crippen LogP contribution in [0.4, 0.5) is 0 Å². The van der Waals surface area contributed by atoms with Gasteiger partial charge in [-0.3, -0.25) is 4.79 Å². The Bertz CT molecular complexity index is 486. The van der Waals surface area contributed by atoms with Crippen molar-refractivity contribution < 1.29 is 9.53 Å². The maximum atomic E-state index is 12.1. The van der Waals surface area contributed by atoms with Crippen molar-refractivity contribution in [3.05, 3.63) is 35.5 Å². The topological polar surface area (TPSA) is 38.3 Å². The van der Waals surface area contributed by atoms with Crippen molar-refractivity contribution in [1.29, 1.82) is 0 Å². The number of Topliss-reactive ketones (excluding diaryl/α,β-unsaturated/α-hetero) is 1. The third-order valence-corrected chi connectivity index (χ3v) is 3.28. The van der Waals surface area contributed by atoms with E-state index in [0.29, 0.717) is 6.42 Å². The molecule has 1 aliphatic rings. The van der Waals surface area contributed by atoms with Crippen LogP contribution < -0.4 is 10.1 Å². The van der Waals surface area contributed by atoms with Gasteiger partial charge in [0.15, 0.2) is 5.78 Å². The van der Waals surface area contributed by atoms with Crippen molar-refractivity contribution in [2.24, 2.45) is 0 Å². The minimum Gasteiger partial charge on any atom is -0.497 e. The molecule has 0 fully saturated rings. The first-order valence-electron chi connectivity index (χ1n) is 6.79. The highest BCUT2D eigenvalue weighted by molar-refractivity contribution is 6.03. The van der Waals surface area contributed by atoms with Gasteiger partial charge in [0, 0.05) is 12.5 Å². The lowest BCUT2D eigenvalue weighted by molar-refractivity contribution is -0.116. The molecule has 0 saturated heterocycles. The summed E-state index contributed by atoms with van der Waals surface area (Å²) in [6.07, 6.45) is 2.53. The number of carbonyl (C=O) groups excluding carboxylic acids is 1. The summed E-state index contributed by atoms with van der Waals surface area (Å²) in [5, 5.41) is 3.31. The zero-order chi connectivity index (χ0) is 13.8. The maximum absolute atomic E-state index is 12.1. The normalized spacial score (nSPS) is 15.9. The number of benzene rings is 1. The number of rotatable bonds is 4. The van der Waals surface area contributed by atoms with Crippen LogP contribution in [0.3, 0.4) is 0 Å². The highest BCUT2D eigenvalue weighted by Crippen LogP contribution is 2.30. The predicted octanol–water partition coefficient (Wildman–Crippen LogP) is 3.16. The second kappa shape index (κ2) is 5.91. The Kier molecular flexibility index (Phi) is 4.25. The largest absolute Gasteiger partial charge is 0.497 e. The minimum atomic E-state index is 0.228. The van der Waals surface area contributed by atoms with Crippen LogP contribution in [0.1, 0.15) is 38.7 Å². The van der Waals surface area contributed by atoms with E-state index in [9.17, 15) is 4.79 Å². The molecule has 1 aromatic rings. The summed E-state index contributed by atoms with van der Waals surface area (Å²) in [6.45, 7) is 4.11. The molecule has 0 aliphatic heterocycles. The molecule has 0 unspecified atom stereocenters. The van der Waals surface area contributed by atoms with Crippen LogP contribution in [0.2, 0.25) is 0 Å². The quantitative estimate of drug-likeness (QED) is 0.902. The summed E-state index contributed by atoms with van der Waals surface area (Å²) in [6, 6.07) is 8.19. The summed E-state index contributed by atoms with van der Waals surface area (Å²) in [5.74, 6) is 1.07. The molecule has 0 atom stereocenters. The van der Waals surface area contributed by atoms with Gasteiger partial charge >= 0.3 is 0 Å². The van der Waals surface area contributed by atoms with E-state index in [4.69, 9.17) is 4.74 Å². The first-order chi connectivity index (χ1) is 9.11. The van der Waals surface area contributed by atoms with E-state index < -0.39 is 0 Å². The number of ketones is 1. The van der Waals surface area contributed by atoms with Gasteiger partial charge in [0.2, 0.25) is 0 Å². The SMILES string of the molecule is COc1ccc(C2=C(NC(C)C)C(=O)CCC2)cc1. The van der Waals surface area contributed by atoms with Crippen LogP contribution >= 0.6 is 0 Å². The summed E-state index contributed by atoms with van der Waals surface area (Å²) in [5.41, 5.74) is 3.04. The zero-order valence-electron chi connectivity index (χ0n) is 11.8. The second-order valence-electron chi connectivity index (χ2n) is 5.16. The number of allylic oxidation sites excluding steroid dienone is 2. The summed E-state index contributed by atoms with van der Waals surface area (Å²) < 4.78 is 5.17. The number of carbonyl (C=O) groups is 1. The lowest BCUT2D eigenvalue weighted by Crippen LogP contribution is -2.30. The van der Waals surface area contributed by atoms with Crippen molar-refractivity contribution in [3.63, 3.8) is 0 Å². The summed E-state index contributed by atoms with van der Waals surface area (Å²) >= 11 is 0. The fourth-order valence-electron chi connectivity index (χ4n) is 2.38. The Morgan fingerprint density at radius 1 is 1.16 bits per heavy atom. The molecule has 0 bridgehead atoms. The zero-order valence-corrected chi connectivity index (χ0v) is 11.8. The Morgan fingerprint density at radius 3 is 2.42 bits per heavy atom. The molecule has 19 heavy (non-hydrogen) atoms. The van der Waals surface area contributed by atoms with Gasteiger partial charge in [0.05, 0.1) is 12.8 Å². The molecule has 0 saturated carbocycles. The van der Waals surface area contributed by atoms with E-state index in [2.05, 4.69) is 19.2 Å². The number of ether oxygens (including phenoxy) is 1. The van der Waals surface area contributed by atoms with E-state index >= 15 is 0 Å².